The maximum Gasteiger partial charge on any atom is 0.194 e. The molecular formula is C22H15BrO2. The van der Waals surface area contributed by atoms with Crippen molar-refractivity contribution in [2.45, 2.75) is 13.8 Å². The largest absolute Gasteiger partial charge is 0.289 e. The number of benzene rings is 3. The van der Waals surface area contributed by atoms with Gasteiger partial charge in [-0.3, -0.25) is 9.59 Å². The number of hydrogen-bond donors (Lipinski definition) is 0. The Labute approximate surface area is 154 Å². The van der Waals surface area contributed by atoms with Gasteiger partial charge in [-0.15, -0.1) is 0 Å². The zero-order valence-corrected chi connectivity index (χ0v) is 15.5. The molecule has 0 saturated heterocycles. The van der Waals surface area contributed by atoms with Crippen molar-refractivity contribution in [3.05, 3.63) is 92.5 Å². The fraction of sp³-hybridized carbons (Fsp3) is 0.0909. The van der Waals surface area contributed by atoms with Crippen LogP contribution < -0.4 is 0 Å². The summed E-state index contributed by atoms with van der Waals surface area (Å²) in [6.45, 7) is 3.82. The maximum atomic E-state index is 13.1. The number of rotatable bonds is 2. The van der Waals surface area contributed by atoms with Gasteiger partial charge in [-0.1, -0.05) is 54.6 Å². The Bertz CT molecular complexity index is 1050. The Morgan fingerprint density at radius 1 is 0.800 bits per heavy atom. The standard InChI is InChI=1S/C22H15BrO2/c1-12-17-15-10-6-7-11-16(15)22(25)18(17)13(2)20(23)19(12)21(24)14-8-4-3-5-9-14/h3-11H,1-2H3. The van der Waals surface area contributed by atoms with E-state index < -0.39 is 0 Å². The number of halogens is 1. The lowest BCUT2D eigenvalue weighted by Crippen LogP contribution is -2.09. The third-order valence-electron chi connectivity index (χ3n) is 4.85. The summed E-state index contributed by atoms with van der Waals surface area (Å²) in [7, 11) is 0. The summed E-state index contributed by atoms with van der Waals surface area (Å²) in [5, 5.41) is 0. The number of carbonyl (C=O) groups is 2. The van der Waals surface area contributed by atoms with Crippen LogP contribution in [0.1, 0.15) is 43.0 Å². The van der Waals surface area contributed by atoms with Gasteiger partial charge in [0.2, 0.25) is 0 Å². The molecule has 3 aromatic carbocycles. The first-order valence-corrected chi connectivity index (χ1v) is 8.88. The minimum atomic E-state index is -0.0345. The fourth-order valence-electron chi connectivity index (χ4n) is 3.62. The molecule has 0 atom stereocenters. The second-order valence-corrected chi connectivity index (χ2v) is 7.05. The van der Waals surface area contributed by atoms with Gasteiger partial charge < -0.3 is 0 Å². The summed E-state index contributed by atoms with van der Waals surface area (Å²) >= 11 is 3.58. The molecule has 4 rings (SSSR count). The van der Waals surface area contributed by atoms with Gasteiger partial charge in [-0.2, -0.15) is 0 Å². The van der Waals surface area contributed by atoms with Crippen LogP contribution >= 0.6 is 15.9 Å². The molecular weight excluding hydrogens is 376 g/mol. The zero-order valence-electron chi connectivity index (χ0n) is 13.9. The van der Waals surface area contributed by atoms with Crippen molar-refractivity contribution in [1.29, 1.82) is 0 Å². The molecule has 3 heteroatoms. The molecule has 0 unspecified atom stereocenters. The molecule has 25 heavy (non-hydrogen) atoms. The van der Waals surface area contributed by atoms with Crippen LogP contribution in [0.3, 0.4) is 0 Å². The minimum absolute atomic E-state index is 0.0330. The van der Waals surface area contributed by atoms with Crippen LogP contribution in [0.15, 0.2) is 59.1 Å². The molecule has 0 N–H and O–H groups in total. The van der Waals surface area contributed by atoms with Crippen molar-refractivity contribution in [3.8, 4) is 11.1 Å². The van der Waals surface area contributed by atoms with Crippen molar-refractivity contribution in [3.63, 3.8) is 0 Å². The number of carbonyl (C=O) groups excluding carboxylic acids is 2. The van der Waals surface area contributed by atoms with E-state index >= 15 is 0 Å². The summed E-state index contributed by atoms with van der Waals surface area (Å²) in [6.07, 6.45) is 0. The molecule has 0 amide bonds. The highest BCUT2D eigenvalue weighted by Crippen LogP contribution is 2.45. The highest BCUT2D eigenvalue weighted by molar-refractivity contribution is 9.10. The van der Waals surface area contributed by atoms with Gasteiger partial charge in [0.25, 0.3) is 0 Å². The van der Waals surface area contributed by atoms with Crippen molar-refractivity contribution in [2.75, 3.05) is 0 Å². The quantitative estimate of drug-likeness (QED) is 0.423. The first-order valence-electron chi connectivity index (χ1n) is 8.09. The Kier molecular flexibility index (Phi) is 3.69. The molecule has 0 bridgehead atoms. The van der Waals surface area contributed by atoms with Crippen molar-refractivity contribution in [2.24, 2.45) is 0 Å². The lowest BCUT2D eigenvalue weighted by Gasteiger charge is -2.16. The van der Waals surface area contributed by atoms with Crippen LogP contribution in [-0.4, -0.2) is 11.6 Å². The lowest BCUT2D eigenvalue weighted by molar-refractivity contribution is 0.102. The Morgan fingerprint density at radius 2 is 1.40 bits per heavy atom. The number of ketones is 2. The first-order chi connectivity index (χ1) is 12.0. The van der Waals surface area contributed by atoms with Gasteiger partial charge >= 0.3 is 0 Å². The van der Waals surface area contributed by atoms with E-state index in [1.54, 1.807) is 0 Å². The number of hydrogen-bond acceptors (Lipinski definition) is 2. The normalized spacial score (nSPS) is 12.0. The summed E-state index contributed by atoms with van der Waals surface area (Å²) in [6, 6.07) is 16.8. The summed E-state index contributed by atoms with van der Waals surface area (Å²) in [5.74, 6) is -0.00156. The zero-order chi connectivity index (χ0) is 17.7. The number of fused-ring (bicyclic) bond motifs is 3. The van der Waals surface area contributed by atoms with Gasteiger partial charge in [-0.05, 0) is 52.0 Å². The van der Waals surface area contributed by atoms with E-state index in [0.717, 1.165) is 22.3 Å². The Balaban J connectivity index is 2.04. The molecule has 0 radical (unpaired) electrons. The van der Waals surface area contributed by atoms with Gasteiger partial charge in [0.05, 0.1) is 0 Å². The van der Waals surface area contributed by atoms with Crippen molar-refractivity contribution >= 4 is 27.5 Å². The molecule has 0 spiro atoms. The van der Waals surface area contributed by atoms with E-state index in [-0.39, 0.29) is 11.6 Å². The second kappa shape index (κ2) is 5.78. The van der Waals surface area contributed by atoms with Crippen LogP contribution in [0.25, 0.3) is 11.1 Å². The maximum absolute atomic E-state index is 13.1. The SMILES string of the molecule is Cc1c(Br)c(C(=O)c2ccccc2)c(C)c2c1C(=O)c1ccccc1-2. The van der Waals surface area contributed by atoms with Crippen molar-refractivity contribution < 1.29 is 9.59 Å². The molecule has 0 heterocycles. The van der Waals surface area contributed by atoms with E-state index in [1.165, 1.54) is 0 Å². The molecule has 2 nitrogen and oxygen atoms in total. The third kappa shape index (κ3) is 2.23. The molecule has 3 aromatic rings. The second-order valence-electron chi connectivity index (χ2n) is 6.26. The molecule has 0 aliphatic heterocycles. The average molecular weight is 391 g/mol. The highest BCUT2D eigenvalue weighted by Gasteiger charge is 2.33. The van der Waals surface area contributed by atoms with Crippen molar-refractivity contribution in [1.82, 2.24) is 0 Å². The fourth-order valence-corrected chi connectivity index (χ4v) is 4.30. The van der Waals surface area contributed by atoms with Gasteiger partial charge in [0, 0.05) is 26.7 Å². The summed E-state index contributed by atoms with van der Waals surface area (Å²) in [4.78, 5) is 26.0. The highest BCUT2D eigenvalue weighted by atomic mass is 79.9. The van der Waals surface area contributed by atoms with Gasteiger partial charge in [-0.25, -0.2) is 0 Å². The van der Waals surface area contributed by atoms with Crippen LogP contribution in [0, 0.1) is 13.8 Å². The minimum Gasteiger partial charge on any atom is -0.289 e. The van der Waals surface area contributed by atoms with Gasteiger partial charge in [0.1, 0.15) is 0 Å². The molecule has 0 fully saturated rings. The van der Waals surface area contributed by atoms with Crippen LogP contribution in [0.2, 0.25) is 0 Å². The monoisotopic (exact) mass is 390 g/mol. The Hall–Kier alpha value is -2.52. The third-order valence-corrected chi connectivity index (χ3v) is 5.85. The van der Waals surface area contributed by atoms with Crippen LogP contribution in [-0.2, 0) is 0 Å². The molecule has 1 aliphatic rings. The van der Waals surface area contributed by atoms with E-state index in [4.69, 9.17) is 0 Å². The van der Waals surface area contributed by atoms with E-state index in [1.807, 2.05) is 68.4 Å². The predicted octanol–water partition coefficient (Wildman–Crippen LogP) is 5.51. The lowest BCUT2D eigenvalue weighted by atomic mass is 9.89. The molecule has 0 aromatic heterocycles. The van der Waals surface area contributed by atoms with E-state index in [9.17, 15) is 9.59 Å². The molecule has 122 valence electrons. The van der Waals surface area contributed by atoms with E-state index in [2.05, 4.69) is 15.9 Å². The first kappa shape index (κ1) is 16.0. The average Bonchev–Trinajstić information content (AvgIpc) is 2.94. The van der Waals surface area contributed by atoms with E-state index in [0.29, 0.717) is 26.7 Å². The molecule has 1 aliphatic carbocycles. The summed E-state index contributed by atoms with van der Waals surface area (Å²) in [5.41, 5.74) is 6.16. The smallest absolute Gasteiger partial charge is 0.194 e. The predicted molar refractivity (Wildman–Crippen MR) is 102 cm³/mol. The summed E-state index contributed by atoms with van der Waals surface area (Å²) < 4.78 is 0.707. The van der Waals surface area contributed by atoms with Crippen LogP contribution in [0.4, 0.5) is 0 Å². The topological polar surface area (TPSA) is 34.1 Å². The van der Waals surface area contributed by atoms with Gasteiger partial charge in [0.15, 0.2) is 11.6 Å². The Morgan fingerprint density at radius 3 is 2.08 bits per heavy atom. The van der Waals surface area contributed by atoms with Crippen LogP contribution in [0.5, 0.6) is 0 Å². The molecule has 0 saturated carbocycles.